The molecular formula is C12H11IN4O3. The second kappa shape index (κ2) is 5.99. The lowest BCUT2D eigenvalue weighted by atomic mass is 10.2. The first-order valence-corrected chi connectivity index (χ1v) is 6.76. The van der Waals surface area contributed by atoms with Gasteiger partial charge in [0, 0.05) is 9.26 Å². The molecule has 0 fully saturated rings. The Balaban J connectivity index is 2.03. The van der Waals surface area contributed by atoms with Gasteiger partial charge in [-0.1, -0.05) is 0 Å². The lowest BCUT2D eigenvalue weighted by molar-refractivity contribution is -0.385. The van der Waals surface area contributed by atoms with Gasteiger partial charge in [0.05, 0.1) is 4.92 Å². The van der Waals surface area contributed by atoms with Crippen molar-refractivity contribution in [2.75, 3.05) is 5.32 Å². The molecule has 0 aliphatic heterocycles. The Labute approximate surface area is 128 Å². The largest absolute Gasteiger partial charge is 0.324 e. The summed E-state index contributed by atoms with van der Waals surface area (Å²) in [7, 11) is 0. The molecule has 1 aromatic carbocycles. The molecule has 0 aliphatic carbocycles. The minimum atomic E-state index is -0.551. The minimum absolute atomic E-state index is 0.0702. The third-order valence-corrected chi connectivity index (χ3v) is 3.27. The maximum absolute atomic E-state index is 11.9. The summed E-state index contributed by atoms with van der Waals surface area (Å²) in [4.78, 5) is 21.8. The van der Waals surface area contributed by atoms with E-state index >= 15 is 0 Å². The fraction of sp³-hybridized carbons (Fsp3) is 0.167. The number of aromatic nitrogens is 2. The van der Waals surface area contributed by atoms with Crippen LogP contribution in [0.2, 0.25) is 0 Å². The number of hydrogen-bond donors (Lipinski definition) is 1. The molecule has 0 radical (unpaired) electrons. The molecular weight excluding hydrogens is 375 g/mol. The first-order chi connectivity index (χ1) is 9.45. The molecule has 1 N–H and O–H groups in total. The fourth-order valence-electron chi connectivity index (χ4n) is 1.64. The van der Waals surface area contributed by atoms with E-state index in [0.717, 1.165) is 21.0 Å². The van der Waals surface area contributed by atoms with E-state index in [1.807, 2.05) is 25.1 Å². The van der Waals surface area contributed by atoms with E-state index in [-0.39, 0.29) is 18.1 Å². The highest BCUT2D eigenvalue weighted by atomic mass is 127. The van der Waals surface area contributed by atoms with Crippen molar-refractivity contribution >= 4 is 39.9 Å². The predicted octanol–water partition coefficient (Wildman–Crippen LogP) is 2.34. The van der Waals surface area contributed by atoms with Crippen LogP contribution in [-0.2, 0) is 11.3 Å². The first-order valence-electron chi connectivity index (χ1n) is 5.68. The summed E-state index contributed by atoms with van der Waals surface area (Å²) in [5.74, 6) is -0.285. The van der Waals surface area contributed by atoms with Crippen molar-refractivity contribution in [1.82, 2.24) is 9.78 Å². The molecule has 0 bridgehead atoms. The second-order valence-electron chi connectivity index (χ2n) is 4.16. The van der Waals surface area contributed by atoms with Crippen molar-refractivity contribution in [3.63, 3.8) is 0 Å². The lowest BCUT2D eigenvalue weighted by Crippen LogP contribution is -2.19. The molecule has 0 saturated carbocycles. The average Bonchev–Trinajstić information content (AvgIpc) is 2.81. The number of anilines is 1. The third-order valence-electron chi connectivity index (χ3n) is 2.60. The number of nitro groups is 1. The van der Waals surface area contributed by atoms with Crippen molar-refractivity contribution in [3.8, 4) is 0 Å². The highest BCUT2D eigenvalue weighted by Crippen LogP contribution is 2.17. The Morgan fingerprint density at radius 2 is 2.30 bits per heavy atom. The molecule has 1 amide bonds. The summed E-state index contributed by atoms with van der Waals surface area (Å²) in [6, 6.07) is 5.66. The summed E-state index contributed by atoms with van der Waals surface area (Å²) in [5.41, 5.74) is 1.54. The Kier molecular flexibility index (Phi) is 4.32. The Bertz CT molecular complexity index is 668. The van der Waals surface area contributed by atoms with Gasteiger partial charge >= 0.3 is 5.69 Å². The molecule has 2 aromatic rings. The van der Waals surface area contributed by atoms with E-state index in [1.165, 1.54) is 10.9 Å². The zero-order valence-electron chi connectivity index (χ0n) is 10.5. The number of carbonyl (C=O) groups is 1. The van der Waals surface area contributed by atoms with Crippen LogP contribution in [0.4, 0.5) is 11.4 Å². The number of rotatable bonds is 4. The molecule has 20 heavy (non-hydrogen) atoms. The molecule has 0 atom stereocenters. The van der Waals surface area contributed by atoms with E-state index in [2.05, 4.69) is 33.0 Å². The van der Waals surface area contributed by atoms with E-state index in [0.29, 0.717) is 0 Å². The van der Waals surface area contributed by atoms with Crippen LogP contribution >= 0.6 is 22.6 Å². The summed E-state index contributed by atoms with van der Waals surface area (Å²) in [6.07, 6.45) is 2.34. The third kappa shape index (κ3) is 3.53. The van der Waals surface area contributed by atoms with Crippen LogP contribution < -0.4 is 5.32 Å². The van der Waals surface area contributed by atoms with Crippen LogP contribution in [0.1, 0.15) is 5.56 Å². The van der Waals surface area contributed by atoms with E-state index in [9.17, 15) is 14.9 Å². The molecule has 1 aromatic heterocycles. The van der Waals surface area contributed by atoms with Gasteiger partial charge in [-0.05, 0) is 53.3 Å². The summed E-state index contributed by atoms with van der Waals surface area (Å²) in [6.45, 7) is 1.83. The molecule has 8 heteroatoms. The lowest BCUT2D eigenvalue weighted by Gasteiger charge is -2.08. The molecule has 7 nitrogen and oxygen atoms in total. The molecule has 0 aliphatic rings. The number of nitrogens with one attached hydrogen (secondary N) is 1. The predicted molar refractivity (Wildman–Crippen MR) is 81.4 cm³/mol. The van der Waals surface area contributed by atoms with Crippen molar-refractivity contribution in [3.05, 3.63) is 49.8 Å². The van der Waals surface area contributed by atoms with E-state index in [4.69, 9.17) is 0 Å². The number of benzene rings is 1. The maximum atomic E-state index is 11.9. The van der Waals surface area contributed by atoms with Crippen molar-refractivity contribution in [1.29, 1.82) is 0 Å². The van der Waals surface area contributed by atoms with Crippen LogP contribution in [-0.4, -0.2) is 20.6 Å². The molecule has 0 saturated heterocycles. The Morgan fingerprint density at radius 1 is 1.55 bits per heavy atom. The normalized spacial score (nSPS) is 10.3. The van der Waals surface area contributed by atoms with Gasteiger partial charge in [0.25, 0.3) is 0 Å². The number of carbonyl (C=O) groups excluding carboxylic acids is 1. The molecule has 1 heterocycles. The Morgan fingerprint density at radius 3 is 2.90 bits per heavy atom. The van der Waals surface area contributed by atoms with Gasteiger partial charge in [0.2, 0.25) is 5.91 Å². The van der Waals surface area contributed by atoms with Crippen LogP contribution in [0.5, 0.6) is 0 Å². The highest BCUT2D eigenvalue weighted by molar-refractivity contribution is 14.1. The number of amides is 1. The second-order valence-corrected chi connectivity index (χ2v) is 5.41. The topological polar surface area (TPSA) is 90.1 Å². The van der Waals surface area contributed by atoms with Gasteiger partial charge in [-0.3, -0.25) is 19.6 Å². The van der Waals surface area contributed by atoms with Crippen molar-refractivity contribution in [2.24, 2.45) is 0 Å². The van der Waals surface area contributed by atoms with Crippen LogP contribution in [0.15, 0.2) is 30.6 Å². The average molecular weight is 386 g/mol. The zero-order chi connectivity index (χ0) is 14.7. The minimum Gasteiger partial charge on any atom is -0.324 e. The Hall–Kier alpha value is -1.97. The highest BCUT2D eigenvalue weighted by Gasteiger charge is 2.11. The first kappa shape index (κ1) is 14.4. The van der Waals surface area contributed by atoms with Crippen LogP contribution in [0.25, 0.3) is 0 Å². The smallest absolute Gasteiger partial charge is 0.307 e. The summed E-state index contributed by atoms with van der Waals surface area (Å²) < 4.78 is 2.32. The van der Waals surface area contributed by atoms with Gasteiger partial charge < -0.3 is 5.32 Å². The van der Waals surface area contributed by atoms with Gasteiger partial charge in [-0.15, -0.1) is 0 Å². The SMILES string of the molecule is Cc1cc(I)ccc1NC(=O)Cn1cc([N+](=O)[O-])cn1. The van der Waals surface area contributed by atoms with Crippen molar-refractivity contribution in [2.45, 2.75) is 13.5 Å². The van der Waals surface area contributed by atoms with Gasteiger partial charge in [-0.25, -0.2) is 0 Å². The standard InChI is InChI=1S/C12H11IN4O3/c1-8-4-9(13)2-3-11(8)15-12(18)7-16-6-10(5-14-16)17(19)20/h2-6H,7H2,1H3,(H,15,18). The molecule has 2 rings (SSSR count). The maximum Gasteiger partial charge on any atom is 0.307 e. The number of nitrogens with zero attached hydrogens (tertiary/aromatic N) is 3. The van der Waals surface area contributed by atoms with Gasteiger partial charge in [-0.2, -0.15) is 5.10 Å². The molecule has 104 valence electrons. The van der Waals surface area contributed by atoms with Crippen LogP contribution in [0, 0.1) is 20.6 Å². The summed E-state index contributed by atoms with van der Waals surface area (Å²) >= 11 is 2.19. The fourth-order valence-corrected chi connectivity index (χ4v) is 2.28. The van der Waals surface area contributed by atoms with E-state index in [1.54, 1.807) is 0 Å². The van der Waals surface area contributed by atoms with Gasteiger partial charge in [0.15, 0.2) is 0 Å². The van der Waals surface area contributed by atoms with Crippen molar-refractivity contribution < 1.29 is 9.72 Å². The molecule has 0 unspecified atom stereocenters. The number of hydrogen-bond acceptors (Lipinski definition) is 4. The quantitative estimate of drug-likeness (QED) is 0.496. The van der Waals surface area contributed by atoms with Crippen LogP contribution in [0.3, 0.4) is 0 Å². The van der Waals surface area contributed by atoms with Gasteiger partial charge in [0.1, 0.15) is 18.9 Å². The number of aryl methyl sites for hydroxylation is 1. The number of halogens is 1. The monoisotopic (exact) mass is 386 g/mol. The zero-order valence-corrected chi connectivity index (χ0v) is 12.7. The van der Waals surface area contributed by atoms with E-state index < -0.39 is 4.92 Å². The summed E-state index contributed by atoms with van der Waals surface area (Å²) in [5, 5.41) is 17.0. The molecule has 0 spiro atoms.